The molecule has 0 saturated heterocycles. The Hall–Kier alpha value is -2.04. The van der Waals surface area contributed by atoms with Gasteiger partial charge in [0.05, 0.1) is 10.0 Å². The van der Waals surface area contributed by atoms with Crippen LogP contribution in [0.5, 0.6) is 0 Å². The molecule has 0 radical (unpaired) electrons. The molecule has 0 N–H and O–H groups in total. The van der Waals surface area contributed by atoms with Crippen LogP contribution in [-0.2, 0) is 9.59 Å². The van der Waals surface area contributed by atoms with Crippen LogP contribution in [0.15, 0.2) is 42.5 Å². The molecular weight excluding hydrogens is 371 g/mol. The van der Waals surface area contributed by atoms with E-state index in [0.717, 1.165) is 11.3 Å². The van der Waals surface area contributed by atoms with Gasteiger partial charge in [-0.15, -0.1) is 0 Å². The fourth-order valence-corrected chi connectivity index (χ4v) is 3.05. The van der Waals surface area contributed by atoms with Gasteiger partial charge < -0.3 is 9.80 Å². The standard InChI is InChI=1S/C20H22Cl2N2O2/c1-4-23(16-7-5-6-14(2)12-16)20(26)10-11-24(15(3)25)17-8-9-18(21)19(22)13-17/h5-9,12-13H,4,10-11H2,1-3H3. The topological polar surface area (TPSA) is 40.6 Å². The van der Waals surface area contributed by atoms with E-state index in [1.807, 2.05) is 38.1 Å². The summed E-state index contributed by atoms with van der Waals surface area (Å²) >= 11 is 12.0. The normalized spacial score (nSPS) is 10.5. The molecule has 26 heavy (non-hydrogen) atoms. The van der Waals surface area contributed by atoms with Crippen LogP contribution in [0.2, 0.25) is 10.0 Å². The number of carbonyl (C=O) groups is 2. The predicted molar refractivity (Wildman–Crippen MR) is 108 cm³/mol. The second-order valence-electron chi connectivity index (χ2n) is 6.00. The quantitative estimate of drug-likeness (QED) is 0.685. The van der Waals surface area contributed by atoms with Crippen LogP contribution in [0.4, 0.5) is 11.4 Å². The summed E-state index contributed by atoms with van der Waals surface area (Å²) in [5, 5.41) is 0.795. The molecule has 0 unspecified atom stereocenters. The fourth-order valence-electron chi connectivity index (χ4n) is 2.76. The number of anilines is 2. The molecule has 138 valence electrons. The zero-order valence-electron chi connectivity index (χ0n) is 15.1. The molecule has 0 saturated carbocycles. The summed E-state index contributed by atoms with van der Waals surface area (Å²) in [6, 6.07) is 12.8. The first kappa shape index (κ1) is 20.3. The number of hydrogen-bond donors (Lipinski definition) is 0. The number of aryl methyl sites for hydroxylation is 1. The molecule has 6 heteroatoms. The van der Waals surface area contributed by atoms with E-state index in [2.05, 4.69) is 0 Å². The van der Waals surface area contributed by atoms with Gasteiger partial charge in [-0.05, 0) is 49.7 Å². The lowest BCUT2D eigenvalue weighted by Crippen LogP contribution is -2.36. The Labute approximate surface area is 164 Å². The van der Waals surface area contributed by atoms with Crippen LogP contribution in [0.1, 0.15) is 25.8 Å². The molecule has 0 heterocycles. The van der Waals surface area contributed by atoms with Gasteiger partial charge in [-0.25, -0.2) is 0 Å². The highest BCUT2D eigenvalue weighted by Crippen LogP contribution is 2.27. The summed E-state index contributed by atoms with van der Waals surface area (Å²) in [6.07, 6.45) is 0.210. The highest BCUT2D eigenvalue weighted by Gasteiger charge is 2.18. The second-order valence-corrected chi connectivity index (χ2v) is 6.81. The number of benzene rings is 2. The molecule has 0 atom stereocenters. The highest BCUT2D eigenvalue weighted by atomic mass is 35.5. The molecule has 2 rings (SSSR count). The lowest BCUT2D eigenvalue weighted by molar-refractivity contribution is -0.118. The lowest BCUT2D eigenvalue weighted by atomic mass is 10.2. The van der Waals surface area contributed by atoms with Gasteiger partial charge in [0, 0.05) is 37.8 Å². The Bertz CT molecular complexity index is 808. The maximum absolute atomic E-state index is 12.7. The largest absolute Gasteiger partial charge is 0.313 e. The molecule has 2 aromatic rings. The average molecular weight is 393 g/mol. The zero-order valence-corrected chi connectivity index (χ0v) is 16.6. The van der Waals surface area contributed by atoms with E-state index in [-0.39, 0.29) is 24.8 Å². The van der Waals surface area contributed by atoms with Gasteiger partial charge in [0.25, 0.3) is 0 Å². The molecule has 2 amide bonds. The average Bonchev–Trinajstić information content (AvgIpc) is 2.58. The summed E-state index contributed by atoms with van der Waals surface area (Å²) in [5.41, 5.74) is 2.58. The number of carbonyl (C=O) groups excluding carboxylic acids is 2. The van der Waals surface area contributed by atoms with Crippen molar-refractivity contribution in [1.82, 2.24) is 0 Å². The van der Waals surface area contributed by atoms with Gasteiger partial charge in [0.15, 0.2) is 0 Å². The van der Waals surface area contributed by atoms with E-state index in [4.69, 9.17) is 23.2 Å². The Morgan fingerprint density at radius 1 is 0.962 bits per heavy atom. The van der Waals surface area contributed by atoms with E-state index in [1.165, 1.54) is 11.8 Å². The third-order valence-electron chi connectivity index (χ3n) is 4.07. The van der Waals surface area contributed by atoms with Crippen molar-refractivity contribution >= 4 is 46.4 Å². The Balaban J connectivity index is 2.13. The lowest BCUT2D eigenvalue weighted by Gasteiger charge is -2.25. The number of rotatable bonds is 6. The minimum Gasteiger partial charge on any atom is -0.313 e. The predicted octanol–water partition coefficient (Wildman–Crippen LogP) is 5.10. The van der Waals surface area contributed by atoms with Crippen molar-refractivity contribution in [2.24, 2.45) is 0 Å². The van der Waals surface area contributed by atoms with E-state index in [9.17, 15) is 9.59 Å². The number of nitrogens with zero attached hydrogens (tertiary/aromatic N) is 2. The van der Waals surface area contributed by atoms with Crippen molar-refractivity contribution < 1.29 is 9.59 Å². The summed E-state index contributed by atoms with van der Waals surface area (Å²) < 4.78 is 0. The fraction of sp³-hybridized carbons (Fsp3) is 0.300. The summed E-state index contributed by atoms with van der Waals surface area (Å²) in [7, 11) is 0. The molecule has 0 aromatic heterocycles. The minimum atomic E-state index is -0.158. The van der Waals surface area contributed by atoms with E-state index >= 15 is 0 Å². The molecule has 0 bridgehead atoms. The first-order valence-electron chi connectivity index (χ1n) is 8.43. The monoisotopic (exact) mass is 392 g/mol. The maximum Gasteiger partial charge on any atom is 0.228 e. The first-order chi connectivity index (χ1) is 12.3. The van der Waals surface area contributed by atoms with E-state index in [0.29, 0.717) is 22.3 Å². The van der Waals surface area contributed by atoms with Crippen molar-refractivity contribution in [3.8, 4) is 0 Å². The zero-order chi connectivity index (χ0) is 19.3. The maximum atomic E-state index is 12.7. The van der Waals surface area contributed by atoms with Crippen molar-refractivity contribution in [3.63, 3.8) is 0 Å². The second kappa shape index (κ2) is 9.06. The van der Waals surface area contributed by atoms with E-state index < -0.39 is 0 Å². The van der Waals surface area contributed by atoms with Crippen LogP contribution in [-0.4, -0.2) is 24.9 Å². The van der Waals surface area contributed by atoms with E-state index in [1.54, 1.807) is 23.1 Å². The van der Waals surface area contributed by atoms with Gasteiger partial charge in [0.2, 0.25) is 11.8 Å². The smallest absolute Gasteiger partial charge is 0.228 e. The molecular formula is C20H22Cl2N2O2. The Morgan fingerprint density at radius 3 is 2.23 bits per heavy atom. The van der Waals surface area contributed by atoms with Crippen LogP contribution < -0.4 is 9.80 Å². The third kappa shape index (κ3) is 4.99. The molecule has 0 fully saturated rings. The van der Waals surface area contributed by atoms with Gasteiger partial charge >= 0.3 is 0 Å². The molecule has 0 spiro atoms. The highest BCUT2D eigenvalue weighted by molar-refractivity contribution is 6.42. The van der Waals surface area contributed by atoms with Crippen molar-refractivity contribution in [2.75, 3.05) is 22.9 Å². The SMILES string of the molecule is CCN(C(=O)CCN(C(C)=O)c1ccc(Cl)c(Cl)c1)c1cccc(C)c1. The van der Waals surface area contributed by atoms with Crippen molar-refractivity contribution in [3.05, 3.63) is 58.1 Å². The first-order valence-corrected chi connectivity index (χ1v) is 9.19. The van der Waals surface area contributed by atoms with Crippen molar-refractivity contribution in [2.45, 2.75) is 27.2 Å². The van der Waals surface area contributed by atoms with Crippen LogP contribution in [0.3, 0.4) is 0 Å². The van der Waals surface area contributed by atoms with Crippen LogP contribution in [0.25, 0.3) is 0 Å². The molecule has 2 aromatic carbocycles. The van der Waals surface area contributed by atoms with Gasteiger partial charge in [-0.3, -0.25) is 9.59 Å². The number of hydrogen-bond acceptors (Lipinski definition) is 2. The Morgan fingerprint density at radius 2 is 1.65 bits per heavy atom. The van der Waals surface area contributed by atoms with Crippen molar-refractivity contribution in [1.29, 1.82) is 0 Å². The summed E-state index contributed by atoms with van der Waals surface area (Å²) in [4.78, 5) is 28.0. The molecule has 0 aliphatic carbocycles. The number of halogens is 2. The molecule has 0 aliphatic rings. The summed E-state index contributed by atoms with van der Waals surface area (Å²) in [6.45, 7) is 6.22. The Kier molecular flexibility index (Phi) is 7.06. The third-order valence-corrected chi connectivity index (χ3v) is 4.81. The number of amides is 2. The summed E-state index contributed by atoms with van der Waals surface area (Å²) in [5.74, 6) is -0.195. The van der Waals surface area contributed by atoms with Gasteiger partial charge in [-0.2, -0.15) is 0 Å². The molecule has 0 aliphatic heterocycles. The molecule has 4 nitrogen and oxygen atoms in total. The van der Waals surface area contributed by atoms with Gasteiger partial charge in [-0.1, -0.05) is 35.3 Å². The minimum absolute atomic E-state index is 0.0376. The van der Waals surface area contributed by atoms with Gasteiger partial charge in [0.1, 0.15) is 0 Å². The van der Waals surface area contributed by atoms with Crippen LogP contribution >= 0.6 is 23.2 Å². The van der Waals surface area contributed by atoms with Crippen LogP contribution in [0, 0.1) is 6.92 Å².